The zero-order valence-electron chi connectivity index (χ0n) is 15.8. The maximum Gasteiger partial charge on any atom is 0.149 e. The fourth-order valence-corrected chi connectivity index (χ4v) is 3.11. The summed E-state index contributed by atoms with van der Waals surface area (Å²) in [5.74, 6) is 0.997. The van der Waals surface area contributed by atoms with Gasteiger partial charge in [-0.1, -0.05) is 12.1 Å². The van der Waals surface area contributed by atoms with Gasteiger partial charge in [-0.25, -0.2) is 4.98 Å². The molecule has 5 heteroatoms. The van der Waals surface area contributed by atoms with Gasteiger partial charge in [0, 0.05) is 29.9 Å². The van der Waals surface area contributed by atoms with Gasteiger partial charge in [-0.3, -0.25) is 9.88 Å². The highest BCUT2D eigenvalue weighted by atomic mass is 16.3. The van der Waals surface area contributed by atoms with E-state index in [2.05, 4.69) is 47.9 Å². The van der Waals surface area contributed by atoms with Crippen LogP contribution in [0.1, 0.15) is 33.3 Å². The first-order valence-corrected chi connectivity index (χ1v) is 9.00. The Hall–Kier alpha value is -2.66. The molecular formula is C21H26N4O. The summed E-state index contributed by atoms with van der Waals surface area (Å²) in [5, 5.41) is 13.6. The minimum atomic E-state index is 0.312. The largest absolute Gasteiger partial charge is 0.508 e. The predicted molar refractivity (Wildman–Crippen MR) is 107 cm³/mol. The number of rotatable bonds is 6. The molecule has 2 N–H and O–H groups in total. The standard InChI is InChI=1S/C21H26N4O/c1-14(2)25(15(3)4)13-16-11-17(9-10-20(16)26)23-21-12-22-18-7-5-6-8-19(18)24-21/h5-12,14-15,26H,13H2,1-4H3,(H,23,24). The van der Waals surface area contributed by atoms with Gasteiger partial charge in [0.25, 0.3) is 0 Å². The van der Waals surface area contributed by atoms with Gasteiger partial charge < -0.3 is 10.4 Å². The lowest BCUT2D eigenvalue weighted by atomic mass is 10.1. The minimum absolute atomic E-state index is 0.312. The molecule has 5 nitrogen and oxygen atoms in total. The van der Waals surface area contributed by atoms with Crippen LogP contribution >= 0.6 is 0 Å². The summed E-state index contributed by atoms with van der Waals surface area (Å²) >= 11 is 0. The summed E-state index contributed by atoms with van der Waals surface area (Å²) < 4.78 is 0. The van der Waals surface area contributed by atoms with Crippen LogP contribution in [0.5, 0.6) is 5.75 Å². The van der Waals surface area contributed by atoms with Crippen LogP contribution in [0.15, 0.2) is 48.7 Å². The van der Waals surface area contributed by atoms with Gasteiger partial charge in [0.2, 0.25) is 0 Å². The molecule has 2 aromatic carbocycles. The molecule has 0 amide bonds. The first kappa shape index (κ1) is 18.1. The molecule has 0 radical (unpaired) electrons. The Balaban J connectivity index is 1.84. The van der Waals surface area contributed by atoms with Crippen molar-refractivity contribution >= 4 is 22.5 Å². The fourth-order valence-electron chi connectivity index (χ4n) is 3.11. The highest BCUT2D eigenvalue weighted by molar-refractivity contribution is 5.76. The van der Waals surface area contributed by atoms with Gasteiger partial charge in [0.15, 0.2) is 0 Å². The maximum absolute atomic E-state index is 10.3. The number of anilines is 2. The molecule has 0 atom stereocenters. The molecule has 0 fully saturated rings. The molecule has 0 saturated carbocycles. The van der Waals surface area contributed by atoms with E-state index in [1.807, 2.05) is 36.4 Å². The Morgan fingerprint density at radius 3 is 2.38 bits per heavy atom. The van der Waals surface area contributed by atoms with E-state index in [9.17, 15) is 5.11 Å². The third-order valence-electron chi connectivity index (χ3n) is 4.48. The van der Waals surface area contributed by atoms with Crippen molar-refractivity contribution in [1.82, 2.24) is 14.9 Å². The number of para-hydroxylation sites is 2. The van der Waals surface area contributed by atoms with Crippen molar-refractivity contribution in [2.24, 2.45) is 0 Å². The average molecular weight is 350 g/mol. The summed E-state index contributed by atoms with van der Waals surface area (Å²) in [7, 11) is 0. The van der Waals surface area contributed by atoms with Crippen molar-refractivity contribution in [3.05, 3.63) is 54.2 Å². The van der Waals surface area contributed by atoms with Gasteiger partial charge in [0.1, 0.15) is 11.6 Å². The quantitative estimate of drug-likeness (QED) is 0.631. The third kappa shape index (κ3) is 4.11. The molecule has 3 rings (SSSR count). The number of aromatic hydroxyl groups is 1. The Labute approximate surface area is 154 Å². The number of fused-ring (bicyclic) bond motifs is 1. The van der Waals surface area contributed by atoms with Crippen LogP contribution in [0.3, 0.4) is 0 Å². The van der Waals surface area contributed by atoms with Gasteiger partial charge >= 0.3 is 0 Å². The molecule has 26 heavy (non-hydrogen) atoms. The van der Waals surface area contributed by atoms with Crippen LogP contribution in [-0.2, 0) is 6.54 Å². The van der Waals surface area contributed by atoms with E-state index in [1.54, 1.807) is 12.3 Å². The number of nitrogens with one attached hydrogen (secondary N) is 1. The second-order valence-electron chi connectivity index (χ2n) is 7.07. The Kier molecular flexibility index (Phi) is 5.38. The minimum Gasteiger partial charge on any atom is -0.508 e. The van der Waals surface area contributed by atoms with Crippen LogP contribution in [0.4, 0.5) is 11.5 Å². The smallest absolute Gasteiger partial charge is 0.149 e. The molecule has 0 aliphatic heterocycles. The van der Waals surface area contributed by atoms with Crippen molar-refractivity contribution in [2.45, 2.75) is 46.3 Å². The van der Waals surface area contributed by atoms with E-state index >= 15 is 0 Å². The first-order chi connectivity index (χ1) is 12.4. The molecule has 0 unspecified atom stereocenters. The van der Waals surface area contributed by atoms with E-state index in [4.69, 9.17) is 0 Å². The van der Waals surface area contributed by atoms with Crippen LogP contribution in [-0.4, -0.2) is 32.1 Å². The second kappa shape index (κ2) is 7.70. The SMILES string of the molecule is CC(C)N(Cc1cc(Nc2cnc3ccccc3n2)ccc1O)C(C)C. The highest BCUT2D eigenvalue weighted by Gasteiger charge is 2.16. The Bertz CT molecular complexity index is 884. The lowest BCUT2D eigenvalue weighted by Crippen LogP contribution is -2.36. The monoisotopic (exact) mass is 350 g/mol. The average Bonchev–Trinajstić information content (AvgIpc) is 2.61. The van der Waals surface area contributed by atoms with Crippen LogP contribution in [0.25, 0.3) is 11.0 Å². The number of hydrogen-bond acceptors (Lipinski definition) is 5. The molecule has 1 aromatic heterocycles. The molecule has 1 heterocycles. The number of phenols is 1. The molecule has 0 aliphatic carbocycles. The molecule has 136 valence electrons. The van der Waals surface area contributed by atoms with Crippen LogP contribution < -0.4 is 5.32 Å². The maximum atomic E-state index is 10.3. The normalized spacial score (nSPS) is 11.7. The number of nitrogens with zero attached hydrogens (tertiary/aromatic N) is 3. The Morgan fingerprint density at radius 2 is 1.69 bits per heavy atom. The number of benzene rings is 2. The van der Waals surface area contributed by atoms with Crippen LogP contribution in [0, 0.1) is 0 Å². The van der Waals surface area contributed by atoms with E-state index in [0.29, 0.717) is 30.2 Å². The third-order valence-corrected chi connectivity index (χ3v) is 4.48. The highest BCUT2D eigenvalue weighted by Crippen LogP contribution is 2.26. The molecule has 0 spiro atoms. The summed E-state index contributed by atoms with van der Waals surface area (Å²) in [6, 6.07) is 14.1. The molecular weight excluding hydrogens is 324 g/mol. The summed E-state index contributed by atoms with van der Waals surface area (Å²) in [4.78, 5) is 11.4. The van der Waals surface area contributed by atoms with E-state index in [1.165, 1.54) is 0 Å². The van der Waals surface area contributed by atoms with E-state index in [-0.39, 0.29) is 0 Å². The van der Waals surface area contributed by atoms with Gasteiger partial charge in [-0.15, -0.1) is 0 Å². The number of phenolic OH excluding ortho intramolecular Hbond substituents is 1. The van der Waals surface area contributed by atoms with Crippen molar-refractivity contribution < 1.29 is 5.11 Å². The van der Waals surface area contributed by atoms with Crippen LogP contribution in [0.2, 0.25) is 0 Å². The Morgan fingerprint density at radius 1 is 1.00 bits per heavy atom. The van der Waals surface area contributed by atoms with Gasteiger partial charge in [-0.2, -0.15) is 0 Å². The number of hydrogen-bond donors (Lipinski definition) is 2. The zero-order valence-corrected chi connectivity index (χ0v) is 15.8. The van der Waals surface area contributed by atoms with Gasteiger partial charge in [-0.05, 0) is 58.0 Å². The van der Waals surface area contributed by atoms with Gasteiger partial charge in [0.05, 0.1) is 17.2 Å². The second-order valence-corrected chi connectivity index (χ2v) is 7.07. The van der Waals surface area contributed by atoms with Crippen molar-refractivity contribution in [2.75, 3.05) is 5.32 Å². The lowest BCUT2D eigenvalue weighted by Gasteiger charge is -2.30. The molecule has 0 aliphatic rings. The molecule has 3 aromatic rings. The summed E-state index contributed by atoms with van der Waals surface area (Å²) in [6.07, 6.45) is 1.73. The van der Waals surface area contributed by atoms with Crippen molar-refractivity contribution in [3.63, 3.8) is 0 Å². The fraction of sp³-hybridized carbons (Fsp3) is 0.333. The first-order valence-electron chi connectivity index (χ1n) is 9.00. The van der Waals surface area contributed by atoms with E-state index < -0.39 is 0 Å². The van der Waals surface area contributed by atoms with Crippen molar-refractivity contribution in [3.8, 4) is 5.75 Å². The summed E-state index contributed by atoms with van der Waals surface area (Å²) in [5.41, 5.74) is 3.50. The topological polar surface area (TPSA) is 61.3 Å². The van der Waals surface area contributed by atoms with Crippen molar-refractivity contribution in [1.29, 1.82) is 0 Å². The lowest BCUT2D eigenvalue weighted by molar-refractivity contribution is 0.164. The molecule has 0 saturated heterocycles. The molecule has 0 bridgehead atoms. The van der Waals surface area contributed by atoms with E-state index in [0.717, 1.165) is 22.3 Å². The zero-order chi connectivity index (χ0) is 18.7. The summed E-state index contributed by atoms with van der Waals surface area (Å²) in [6.45, 7) is 9.38. The number of aromatic nitrogens is 2. The predicted octanol–water partition coefficient (Wildman–Crippen LogP) is 4.70.